The molecule has 1 aromatic heterocycles. The van der Waals surface area contributed by atoms with E-state index in [9.17, 15) is 0 Å². The topological polar surface area (TPSA) is 41.0 Å². The van der Waals surface area contributed by atoms with E-state index < -0.39 is 0 Å². The Morgan fingerprint density at radius 2 is 2.06 bits per heavy atom. The van der Waals surface area contributed by atoms with Crippen LogP contribution in [0.1, 0.15) is 39.5 Å². The molecule has 1 N–H and O–H groups in total. The van der Waals surface area contributed by atoms with Gasteiger partial charge in [0.25, 0.3) is 0 Å². The van der Waals surface area contributed by atoms with Crippen molar-refractivity contribution in [2.45, 2.75) is 51.6 Å². The molecule has 4 nitrogen and oxygen atoms in total. The molecule has 1 saturated heterocycles. The predicted octanol–water partition coefficient (Wildman–Crippen LogP) is 2.22. The third kappa shape index (κ3) is 3.67. The Balaban J connectivity index is 1.64. The second-order valence-corrected chi connectivity index (χ2v) is 5.21. The molecule has 2 rings (SSSR count). The van der Waals surface area contributed by atoms with Gasteiger partial charge in [-0.25, -0.2) is 9.97 Å². The van der Waals surface area contributed by atoms with Crippen LogP contribution in [0, 0.1) is 0 Å². The summed E-state index contributed by atoms with van der Waals surface area (Å²) < 4.78 is 0. The maximum absolute atomic E-state index is 4.26. The lowest BCUT2D eigenvalue weighted by Gasteiger charge is -2.41. The predicted molar refractivity (Wildman–Crippen MR) is 74.8 cm³/mol. The molecule has 0 radical (unpaired) electrons. The highest BCUT2D eigenvalue weighted by atomic mass is 15.3. The third-order valence-electron chi connectivity index (χ3n) is 3.48. The van der Waals surface area contributed by atoms with Crippen molar-refractivity contribution in [3.63, 3.8) is 0 Å². The summed E-state index contributed by atoms with van der Waals surface area (Å²) in [6.07, 6.45) is 8.87. The molecule has 0 saturated carbocycles. The number of unbranched alkanes of at least 4 members (excludes halogenated alkanes) is 2. The molecule has 0 amide bonds. The molecule has 2 heterocycles. The molecule has 0 spiro atoms. The lowest BCUT2D eigenvalue weighted by Crippen LogP contribution is -2.60. The molecule has 1 atom stereocenters. The minimum Gasteiger partial charge on any atom is -0.338 e. The van der Waals surface area contributed by atoms with Crippen molar-refractivity contribution < 1.29 is 0 Å². The van der Waals surface area contributed by atoms with Gasteiger partial charge in [0.05, 0.1) is 0 Å². The van der Waals surface area contributed by atoms with E-state index in [0.717, 1.165) is 19.0 Å². The van der Waals surface area contributed by atoms with Gasteiger partial charge >= 0.3 is 0 Å². The van der Waals surface area contributed by atoms with Gasteiger partial charge in [-0.1, -0.05) is 26.2 Å². The minimum atomic E-state index is 0.602. The van der Waals surface area contributed by atoms with Crippen LogP contribution in [0.25, 0.3) is 0 Å². The fourth-order valence-electron chi connectivity index (χ4n) is 2.39. The van der Waals surface area contributed by atoms with Crippen LogP contribution < -0.4 is 10.2 Å². The molecular formula is C14H24N4. The number of anilines is 1. The number of aromatic nitrogens is 2. The van der Waals surface area contributed by atoms with Crippen LogP contribution in [0.5, 0.6) is 0 Å². The van der Waals surface area contributed by atoms with Crippen LogP contribution in [-0.2, 0) is 0 Å². The maximum Gasteiger partial charge on any atom is 0.225 e. The zero-order chi connectivity index (χ0) is 12.8. The average molecular weight is 248 g/mol. The fourth-order valence-corrected chi connectivity index (χ4v) is 2.39. The number of nitrogens with one attached hydrogen (secondary N) is 1. The van der Waals surface area contributed by atoms with Crippen LogP contribution in [0.4, 0.5) is 5.95 Å². The molecule has 18 heavy (non-hydrogen) atoms. The summed E-state index contributed by atoms with van der Waals surface area (Å²) >= 11 is 0. The molecule has 0 aliphatic carbocycles. The molecule has 1 aliphatic rings. The Kier molecular flexibility index (Phi) is 4.93. The first-order valence-electron chi connectivity index (χ1n) is 7.07. The van der Waals surface area contributed by atoms with Crippen molar-refractivity contribution in [2.75, 3.05) is 18.0 Å². The lowest BCUT2D eigenvalue weighted by atomic mass is 10.1. The van der Waals surface area contributed by atoms with Crippen LogP contribution in [0.3, 0.4) is 0 Å². The van der Waals surface area contributed by atoms with Crippen LogP contribution in [0.2, 0.25) is 0 Å². The highest BCUT2D eigenvalue weighted by Crippen LogP contribution is 2.16. The molecule has 1 aliphatic heterocycles. The minimum absolute atomic E-state index is 0.602. The summed E-state index contributed by atoms with van der Waals surface area (Å²) in [5.41, 5.74) is 0. The summed E-state index contributed by atoms with van der Waals surface area (Å²) in [6.45, 7) is 6.60. The Morgan fingerprint density at radius 1 is 1.33 bits per heavy atom. The smallest absolute Gasteiger partial charge is 0.225 e. The van der Waals surface area contributed by atoms with Gasteiger partial charge in [0.15, 0.2) is 0 Å². The van der Waals surface area contributed by atoms with Gasteiger partial charge in [0.2, 0.25) is 5.95 Å². The van der Waals surface area contributed by atoms with Crippen LogP contribution in [0.15, 0.2) is 18.5 Å². The van der Waals surface area contributed by atoms with Crippen molar-refractivity contribution >= 4 is 5.95 Å². The van der Waals surface area contributed by atoms with Crippen molar-refractivity contribution in [3.05, 3.63) is 18.5 Å². The van der Waals surface area contributed by atoms with Gasteiger partial charge in [-0.2, -0.15) is 0 Å². The zero-order valence-electron chi connectivity index (χ0n) is 11.5. The van der Waals surface area contributed by atoms with Crippen LogP contribution >= 0.6 is 0 Å². The first kappa shape index (κ1) is 13.3. The van der Waals surface area contributed by atoms with E-state index in [1.54, 1.807) is 12.4 Å². The van der Waals surface area contributed by atoms with Crippen molar-refractivity contribution in [1.29, 1.82) is 0 Å². The Hall–Kier alpha value is -1.16. The van der Waals surface area contributed by atoms with Gasteiger partial charge in [-0.3, -0.25) is 0 Å². The normalized spacial score (nSPS) is 17.6. The molecule has 1 fully saturated rings. The largest absolute Gasteiger partial charge is 0.338 e. The van der Waals surface area contributed by atoms with Gasteiger partial charge < -0.3 is 10.2 Å². The van der Waals surface area contributed by atoms with E-state index in [1.165, 1.54) is 25.7 Å². The standard InChI is InChI=1S/C14H24N4/c1-3-4-5-7-12(2)17-13-10-18(11-13)14-15-8-6-9-16-14/h6,8-9,12-13,17H,3-5,7,10-11H2,1-2H3. The highest BCUT2D eigenvalue weighted by Gasteiger charge is 2.28. The number of hydrogen-bond donors (Lipinski definition) is 1. The highest BCUT2D eigenvalue weighted by molar-refractivity contribution is 5.34. The third-order valence-corrected chi connectivity index (χ3v) is 3.48. The Bertz CT molecular complexity index is 335. The van der Waals surface area contributed by atoms with E-state index in [-0.39, 0.29) is 0 Å². The fraction of sp³-hybridized carbons (Fsp3) is 0.714. The summed E-state index contributed by atoms with van der Waals surface area (Å²) in [6, 6.07) is 3.08. The molecule has 0 bridgehead atoms. The lowest BCUT2D eigenvalue weighted by molar-refractivity contribution is 0.358. The van der Waals surface area contributed by atoms with E-state index in [0.29, 0.717) is 12.1 Å². The van der Waals surface area contributed by atoms with Crippen molar-refractivity contribution in [2.24, 2.45) is 0 Å². The van der Waals surface area contributed by atoms with E-state index in [1.807, 2.05) is 6.07 Å². The summed E-state index contributed by atoms with van der Waals surface area (Å²) in [7, 11) is 0. The van der Waals surface area contributed by atoms with Gasteiger partial charge in [-0.15, -0.1) is 0 Å². The first-order chi connectivity index (χ1) is 8.79. The van der Waals surface area contributed by atoms with Gasteiger partial charge in [0, 0.05) is 37.6 Å². The van der Waals surface area contributed by atoms with Crippen molar-refractivity contribution in [1.82, 2.24) is 15.3 Å². The first-order valence-corrected chi connectivity index (χ1v) is 7.07. The SMILES string of the molecule is CCCCCC(C)NC1CN(c2ncccn2)C1. The number of rotatable bonds is 7. The van der Waals surface area contributed by atoms with Crippen LogP contribution in [-0.4, -0.2) is 35.1 Å². The average Bonchev–Trinajstić information content (AvgIpc) is 2.35. The second-order valence-electron chi connectivity index (χ2n) is 5.21. The molecule has 0 aromatic carbocycles. The summed E-state index contributed by atoms with van der Waals surface area (Å²) in [5.74, 6) is 0.856. The second kappa shape index (κ2) is 6.69. The molecular weight excluding hydrogens is 224 g/mol. The summed E-state index contributed by atoms with van der Waals surface area (Å²) in [4.78, 5) is 10.7. The Morgan fingerprint density at radius 3 is 2.72 bits per heavy atom. The molecule has 1 aromatic rings. The molecule has 100 valence electrons. The van der Waals surface area contributed by atoms with Crippen molar-refractivity contribution in [3.8, 4) is 0 Å². The monoisotopic (exact) mass is 248 g/mol. The van der Waals surface area contributed by atoms with Gasteiger partial charge in [0.1, 0.15) is 0 Å². The maximum atomic E-state index is 4.26. The van der Waals surface area contributed by atoms with Gasteiger partial charge in [-0.05, 0) is 19.4 Å². The quantitative estimate of drug-likeness (QED) is 0.751. The zero-order valence-corrected chi connectivity index (χ0v) is 11.5. The Labute approximate surface area is 110 Å². The van der Waals surface area contributed by atoms with E-state index >= 15 is 0 Å². The molecule has 4 heteroatoms. The van der Waals surface area contributed by atoms with E-state index in [2.05, 4.69) is 34.0 Å². The number of hydrogen-bond acceptors (Lipinski definition) is 4. The number of nitrogens with zero attached hydrogens (tertiary/aromatic N) is 3. The van der Waals surface area contributed by atoms with E-state index in [4.69, 9.17) is 0 Å². The summed E-state index contributed by atoms with van der Waals surface area (Å²) in [5, 5.41) is 3.68. The molecule has 1 unspecified atom stereocenters.